The number of anilines is 1. The van der Waals surface area contributed by atoms with E-state index in [1.54, 1.807) is 36.4 Å². The second kappa shape index (κ2) is 7.49. The van der Waals surface area contributed by atoms with E-state index in [-0.39, 0.29) is 5.91 Å². The van der Waals surface area contributed by atoms with E-state index in [9.17, 15) is 4.79 Å². The van der Waals surface area contributed by atoms with Crippen molar-refractivity contribution in [2.75, 3.05) is 5.32 Å². The third kappa shape index (κ3) is 4.05. The number of hydrogen-bond acceptors (Lipinski definition) is 4. The summed E-state index contributed by atoms with van der Waals surface area (Å²) in [5, 5.41) is 11.7. The van der Waals surface area contributed by atoms with Gasteiger partial charge in [0.05, 0.1) is 23.5 Å². The number of ether oxygens (including phenoxy) is 1. The minimum absolute atomic E-state index is 0.299. The van der Waals surface area contributed by atoms with E-state index in [4.69, 9.17) is 10.00 Å². The van der Waals surface area contributed by atoms with Gasteiger partial charge in [-0.2, -0.15) is 5.26 Å². The minimum atomic E-state index is -0.299. The fraction of sp³-hybridized carbons (Fsp3) is 0.0952. The molecule has 5 nitrogen and oxygen atoms in total. The molecule has 0 fully saturated rings. The maximum atomic E-state index is 12.3. The summed E-state index contributed by atoms with van der Waals surface area (Å²) in [6.07, 6.45) is 1.53. The molecule has 0 bridgehead atoms. The van der Waals surface area contributed by atoms with Gasteiger partial charge in [-0.15, -0.1) is 0 Å². The van der Waals surface area contributed by atoms with Gasteiger partial charge in [-0.05, 0) is 49.7 Å². The summed E-state index contributed by atoms with van der Waals surface area (Å²) in [7, 11) is 0. The van der Waals surface area contributed by atoms with E-state index < -0.39 is 0 Å². The van der Waals surface area contributed by atoms with Gasteiger partial charge in [0.1, 0.15) is 5.75 Å². The zero-order valence-electron chi connectivity index (χ0n) is 14.5. The van der Waals surface area contributed by atoms with Gasteiger partial charge in [-0.1, -0.05) is 23.8 Å². The van der Waals surface area contributed by atoms with E-state index in [1.807, 2.05) is 38.1 Å². The van der Waals surface area contributed by atoms with Gasteiger partial charge in [0, 0.05) is 11.6 Å². The Bertz CT molecular complexity index is 989. The molecule has 128 valence electrons. The zero-order valence-corrected chi connectivity index (χ0v) is 14.5. The molecule has 0 atom stereocenters. The first-order valence-electron chi connectivity index (χ1n) is 8.08. The molecule has 0 aliphatic heterocycles. The smallest absolute Gasteiger partial charge is 0.255 e. The predicted octanol–water partition coefficient (Wildman–Crippen LogP) is 4.61. The van der Waals surface area contributed by atoms with Gasteiger partial charge in [0.15, 0.2) is 0 Å². The first-order valence-corrected chi connectivity index (χ1v) is 8.08. The number of carbonyl (C=O) groups excluding carboxylic acids is 1. The molecule has 3 rings (SSSR count). The largest absolute Gasteiger partial charge is 0.439 e. The van der Waals surface area contributed by atoms with Crippen molar-refractivity contribution < 1.29 is 9.53 Å². The molecule has 2 aromatic carbocycles. The Labute approximate surface area is 151 Å². The van der Waals surface area contributed by atoms with E-state index in [1.165, 1.54) is 11.8 Å². The normalized spacial score (nSPS) is 10.0. The van der Waals surface area contributed by atoms with Crippen LogP contribution in [0.5, 0.6) is 11.6 Å². The molecule has 1 amide bonds. The second-order valence-corrected chi connectivity index (χ2v) is 5.90. The highest BCUT2D eigenvalue weighted by molar-refractivity contribution is 6.04. The highest BCUT2D eigenvalue weighted by Gasteiger charge is 2.08. The molecule has 0 unspecified atom stereocenters. The van der Waals surface area contributed by atoms with E-state index in [2.05, 4.69) is 10.3 Å². The molecule has 0 radical (unpaired) electrons. The van der Waals surface area contributed by atoms with Crippen LogP contribution in [0.2, 0.25) is 0 Å². The summed E-state index contributed by atoms with van der Waals surface area (Å²) in [5.41, 5.74) is 3.60. The van der Waals surface area contributed by atoms with Gasteiger partial charge in [-0.3, -0.25) is 4.79 Å². The number of amides is 1. The van der Waals surface area contributed by atoms with Gasteiger partial charge in [0.2, 0.25) is 5.88 Å². The molecule has 0 aliphatic rings. The number of nitrogens with zero attached hydrogens (tertiary/aromatic N) is 2. The van der Waals surface area contributed by atoms with Crippen molar-refractivity contribution >= 4 is 11.6 Å². The SMILES string of the molecule is Cc1ccc(Oc2ccc(NC(=O)c3cccc(C#N)c3)cn2)c(C)c1. The fourth-order valence-corrected chi connectivity index (χ4v) is 2.47. The number of pyridine rings is 1. The van der Waals surface area contributed by atoms with Crippen LogP contribution in [0.4, 0.5) is 5.69 Å². The van der Waals surface area contributed by atoms with Gasteiger partial charge >= 0.3 is 0 Å². The summed E-state index contributed by atoms with van der Waals surface area (Å²) in [6, 6.07) is 17.9. The number of nitriles is 1. The lowest BCUT2D eigenvalue weighted by Gasteiger charge is -2.09. The Hall–Kier alpha value is -3.65. The number of rotatable bonds is 4. The molecule has 0 spiro atoms. The Morgan fingerprint density at radius 1 is 1.12 bits per heavy atom. The predicted molar refractivity (Wildman–Crippen MR) is 99.3 cm³/mol. The maximum absolute atomic E-state index is 12.3. The summed E-state index contributed by atoms with van der Waals surface area (Å²) in [6.45, 7) is 4.01. The van der Waals surface area contributed by atoms with Crippen LogP contribution < -0.4 is 10.1 Å². The van der Waals surface area contributed by atoms with Crippen molar-refractivity contribution in [2.45, 2.75) is 13.8 Å². The van der Waals surface area contributed by atoms with Crippen molar-refractivity contribution in [3.05, 3.63) is 83.0 Å². The van der Waals surface area contributed by atoms with Crippen LogP contribution in [0.1, 0.15) is 27.0 Å². The molecule has 26 heavy (non-hydrogen) atoms. The molecule has 0 saturated carbocycles. The van der Waals surface area contributed by atoms with Crippen LogP contribution >= 0.6 is 0 Å². The Morgan fingerprint density at radius 2 is 1.96 bits per heavy atom. The Morgan fingerprint density at radius 3 is 2.65 bits per heavy atom. The van der Waals surface area contributed by atoms with Crippen LogP contribution in [-0.2, 0) is 0 Å². The van der Waals surface area contributed by atoms with Crippen LogP contribution in [-0.4, -0.2) is 10.9 Å². The van der Waals surface area contributed by atoms with Gasteiger partial charge in [-0.25, -0.2) is 4.98 Å². The first-order chi connectivity index (χ1) is 12.5. The maximum Gasteiger partial charge on any atom is 0.255 e. The van der Waals surface area contributed by atoms with Crippen molar-refractivity contribution in [3.63, 3.8) is 0 Å². The highest BCUT2D eigenvalue weighted by atomic mass is 16.5. The van der Waals surface area contributed by atoms with E-state index in [0.29, 0.717) is 22.7 Å². The number of carbonyl (C=O) groups is 1. The van der Waals surface area contributed by atoms with E-state index in [0.717, 1.165) is 11.3 Å². The molecule has 3 aromatic rings. The molecular formula is C21H17N3O2. The summed E-state index contributed by atoms with van der Waals surface area (Å²) in [4.78, 5) is 16.5. The lowest BCUT2D eigenvalue weighted by atomic mass is 10.1. The molecule has 1 heterocycles. The number of hydrogen-bond donors (Lipinski definition) is 1. The molecule has 0 saturated heterocycles. The average molecular weight is 343 g/mol. The van der Waals surface area contributed by atoms with Crippen molar-refractivity contribution in [1.82, 2.24) is 4.98 Å². The monoisotopic (exact) mass is 343 g/mol. The minimum Gasteiger partial charge on any atom is -0.439 e. The molecule has 1 aromatic heterocycles. The molecular weight excluding hydrogens is 326 g/mol. The fourth-order valence-electron chi connectivity index (χ4n) is 2.47. The van der Waals surface area contributed by atoms with Gasteiger partial charge < -0.3 is 10.1 Å². The van der Waals surface area contributed by atoms with Crippen LogP contribution in [0.3, 0.4) is 0 Å². The molecule has 1 N–H and O–H groups in total. The standard InChI is InChI=1S/C21H17N3O2/c1-14-6-8-19(15(2)10-14)26-20-9-7-18(13-23-20)24-21(25)17-5-3-4-16(11-17)12-22/h3-11,13H,1-2H3,(H,24,25). The first kappa shape index (κ1) is 17.2. The van der Waals surface area contributed by atoms with E-state index >= 15 is 0 Å². The van der Waals surface area contributed by atoms with Crippen molar-refractivity contribution in [2.24, 2.45) is 0 Å². The summed E-state index contributed by atoms with van der Waals surface area (Å²) < 4.78 is 5.78. The lowest BCUT2D eigenvalue weighted by Crippen LogP contribution is -2.12. The van der Waals surface area contributed by atoms with Crippen LogP contribution in [0.15, 0.2) is 60.8 Å². The zero-order chi connectivity index (χ0) is 18.5. The quantitative estimate of drug-likeness (QED) is 0.750. The molecule has 5 heteroatoms. The number of aryl methyl sites for hydroxylation is 2. The van der Waals surface area contributed by atoms with Crippen molar-refractivity contribution in [1.29, 1.82) is 5.26 Å². The number of benzene rings is 2. The third-order valence-corrected chi connectivity index (χ3v) is 3.79. The number of aromatic nitrogens is 1. The second-order valence-electron chi connectivity index (χ2n) is 5.90. The Kier molecular flexibility index (Phi) is 4.95. The highest BCUT2D eigenvalue weighted by Crippen LogP contribution is 2.25. The van der Waals surface area contributed by atoms with Crippen LogP contribution in [0, 0.1) is 25.2 Å². The van der Waals surface area contributed by atoms with Gasteiger partial charge in [0.25, 0.3) is 5.91 Å². The summed E-state index contributed by atoms with van der Waals surface area (Å²) in [5.74, 6) is 0.890. The third-order valence-electron chi connectivity index (χ3n) is 3.79. The molecule has 0 aliphatic carbocycles. The Balaban J connectivity index is 1.69. The van der Waals surface area contributed by atoms with Crippen molar-refractivity contribution in [3.8, 4) is 17.7 Å². The topological polar surface area (TPSA) is 75.0 Å². The number of nitrogens with one attached hydrogen (secondary N) is 1. The lowest BCUT2D eigenvalue weighted by molar-refractivity contribution is 0.102. The average Bonchev–Trinajstić information content (AvgIpc) is 2.65. The van der Waals surface area contributed by atoms with Crippen LogP contribution in [0.25, 0.3) is 0 Å². The summed E-state index contributed by atoms with van der Waals surface area (Å²) >= 11 is 0.